The van der Waals surface area contributed by atoms with Crippen molar-refractivity contribution in [3.8, 4) is 0 Å². The monoisotopic (exact) mass is 171 g/mol. The summed E-state index contributed by atoms with van der Waals surface area (Å²) < 4.78 is 0. The topological polar surface area (TPSA) is 32.3 Å². The van der Waals surface area contributed by atoms with Gasteiger partial charge in [-0.05, 0) is 19.4 Å². The fourth-order valence-corrected chi connectivity index (χ4v) is 0.887. The van der Waals surface area contributed by atoms with E-state index in [9.17, 15) is 0 Å². The van der Waals surface area contributed by atoms with Crippen LogP contribution in [0.2, 0.25) is 0 Å². The van der Waals surface area contributed by atoms with Gasteiger partial charge < -0.3 is 10.4 Å². The van der Waals surface area contributed by atoms with Gasteiger partial charge in [0.25, 0.3) is 0 Å². The Morgan fingerprint density at radius 2 is 2.25 bits per heavy atom. The Morgan fingerprint density at radius 3 is 2.67 bits per heavy atom. The minimum atomic E-state index is 0.0428. The number of aliphatic hydroxyl groups excluding tert-OH is 1. The lowest BCUT2D eigenvalue weighted by Crippen LogP contribution is -2.34. The van der Waals surface area contributed by atoms with Crippen molar-refractivity contribution in [2.24, 2.45) is 5.41 Å². The molecule has 0 aromatic rings. The Balaban J connectivity index is 3.51. The van der Waals surface area contributed by atoms with E-state index in [0.717, 1.165) is 25.9 Å². The highest BCUT2D eigenvalue weighted by molar-refractivity contribution is 4.75. The molecule has 0 aromatic carbocycles. The average Bonchev–Trinajstić information content (AvgIpc) is 2.12. The molecule has 1 atom stereocenters. The highest BCUT2D eigenvalue weighted by Crippen LogP contribution is 2.17. The molecule has 2 heteroatoms. The largest absolute Gasteiger partial charge is 0.396 e. The first-order chi connectivity index (χ1) is 5.68. The molecule has 0 aromatic heterocycles. The SMILES string of the molecule is C=CCCNCC(C)(CC)CO. The van der Waals surface area contributed by atoms with Crippen LogP contribution in [-0.4, -0.2) is 24.8 Å². The molecule has 1 unspecified atom stereocenters. The summed E-state index contributed by atoms with van der Waals surface area (Å²) in [5, 5.41) is 12.4. The zero-order chi connectivity index (χ0) is 9.45. The molecule has 2 N–H and O–H groups in total. The van der Waals surface area contributed by atoms with E-state index in [4.69, 9.17) is 5.11 Å². The van der Waals surface area contributed by atoms with Gasteiger partial charge in [0.05, 0.1) is 0 Å². The van der Waals surface area contributed by atoms with Gasteiger partial charge in [-0.2, -0.15) is 0 Å². The Labute approximate surface area is 75.7 Å². The van der Waals surface area contributed by atoms with Gasteiger partial charge in [0.2, 0.25) is 0 Å². The van der Waals surface area contributed by atoms with Gasteiger partial charge >= 0.3 is 0 Å². The number of nitrogens with one attached hydrogen (secondary N) is 1. The lowest BCUT2D eigenvalue weighted by atomic mass is 9.89. The summed E-state index contributed by atoms with van der Waals surface area (Å²) in [6, 6.07) is 0. The van der Waals surface area contributed by atoms with Crippen molar-refractivity contribution in [1.29, 1.82) is 0 Å². The predicted molar refractivity (Wildman–Crippen MR) is 53.2 cm³/mol. The van der Waals surface area contributed by atoms with Gasteiger partial charge in [-0.15, -0.1) is 6.58 Å². The molecule has 0 aliphatic heterocycles. The molecular formula is C10H21NO. The van der Waals surface area contributed by atoms with E-state index >= 15 is 0 Å². The fraction of sp³-hybridized carbons (Fsp3) is 0.800. The van der Waals surface area contributed by atoms with Crippen LogP contribution in [0.15, 0.2) is 12.7 Å². The van der Waals surface area contributed by atoms with Crippen LogP contribution in [0.3, 0.4) is 0 Å². The standard InChI is InChI=1S/C10H21NO/c1-4-6-7-11-8-10(3,5-2)9-12/h4,11-12H,1,5-9H2,2-3H3. The van der Waals surface area contributed by atoms with Crippen LogP contribution in [0.4, 0.5) is 0 Å². The highest BCUT2D eigenvalue weighted by Gasteiger charge is 2.19. The molecule has 0 saturated heterocycles. The molecular weight excluding hydrogens is 150 g/mol. The molecule has 12 heavy (non-hydrogen) atoms. The smallest absolute Gasteiger partial charge is 0.0496 e. The quantitative estimate of drug-likeness (QED) is 0.450. The second-order valence-electron chi connectivity index (χ2n) is 3.58. The van der Waals surface area contributed by atoms with Gasteiger partial charge in [-0.1, -0.05) is 19.9 Å². The van der Waals surface area contributed by atoms with Gasteiger partial charge in [0.1, 0.15) is 0 Å². The Hall–Kier alpha value is -0.340. The highest BCUT2D eigenvalue weighted by atomic mass is 16.3. The van der Waals surface area contributed by atoms with Crippen LogP contribution < -0.4 is 5.32 Å². The van der Waals surface area contributed by atoms with E-state index in [1.807, 2.05) is 6.08 Å². The Morgan fingerprint density at radius 1 is 1.58 bits per heavy atom. The number of rotatable bonds is 7. The van der Waals surface area contributed by atoms with Crippen molar-refractivity contribution in [3.63, 3.8) is 0 Å². The molecule has 2 nitrogen and oxygen atoms in total. The maximum Gasteiger partial charge on any atom is 0.0496 e. The van der Waals surface area contributed by atoms with Gasteiger partial charge in [-0.3, -0.25) is 0 Å². The van der Waals surface area contributed by atoms with E-state index in [-0.39, 0.29) is 12.0 Å². The number of hydrogen-bond acceptors (Lipinski definition) is 2. The molecule has 0 radical (unpaired) electrons. The molecule has 0 heterocycles. The van der Waals surface area contributed by atoms with Crippen molar-refractivity contribution in [3.05, 3.63) is 12.7 Å². The normalized spacial score (nSPS) is 15.6. The number of hydrogen-bond donors (Lipinski definition) is 2. The summed E-state index contributed by atoms with van der Waals surface area (Å²) in [5.41, 5.74) is 0.0428. The third-order valence-corrected chi connectivity index (χ3v) is 2.31. The van der Waals surface area contributed by atoms with E-state index in [1.165, 1.54) is 0 Å². The number of aliphatic hydroxyl groups is 1. The zero-order valence-electron chi connectivity index (χ0n) is 8.27. The summed E-state index contributed by atoms with van der Waals surface area (Å²) in [5.74, 6) is 0. The van der Waals surface area contributed by atoms with Crippen LogP contribution in [-0.2, 0) is 0 Å². The molecule has 0 bridgehead atoms. The van der Waals surface area contributed by atoms with Crippen LogP contribution in [0.1, 0.15) is 26.7 Å². The predicted octanol–water partition coefficient (Wildman–Crippen LogP) is 1.56. The van der Waals surface area contributed by atoms with Crippen molar-refractivity contribution in [2.45, 2.75) is 26.7 Å². The van der Waals surface area contributed by atoms with Crippen LogP contribution >= 0.6 is 0 Å². The molecule has 0 rings (SSSR count). The van der Waals surface area contributed by atoms with Crippen LogP contribution in [0.5, 0.6) is 0 Å². The molecule has 0 spiro atoms. The summed E-state index contributed by atoms with van der Waals surface area (Å²) in [4.78, 5) is 0. The lowest BCUT2D eigenvalue weighted by molar-refractivity contribution is 0.136. The Kier molecular flexibility index (Phi) is 6.03. The lowest BCUT2D eigenvalue weighted by Gasteiger charge is -2.25. The summed E-state index contributed by atoms with van der Waals surface area (Å²) in [7, 11) is 0. The second-order valence-corrected chi connectivity index (χ2v) is 3.58. The van der Waals surface area contributed by atoms with Gasteiger partial charge in [0, 0.05) is 18.6 Å². The molecule has 0 fully saturated rings. The third-order valence-electron chi connectivity index (χ3n) is 2.31. The summed E-state index contributed by atoms with van der Waals surface area (Å²) in [6.45, 7) is 9.93. The molecule has 0 aliphatic carbocycles. The summed E-state index contributed by atoms with van der Waals surface area (Å²) >= 11 is 0. The van der Waals surface area contributed by atoms with Crippen molar-refractivity contribution in [2.75, 3.05) is 19.7 Å². The third kappa shape index (κ3) is 4.52. The van der Waals surface area contributed by atoms with E-state index in [0.29, 0.717) is 0 Å². The Bertz CT molecular complexity index is 119. The first-order valence-corrected chi connectivity index (χ1v) is 4.61. The maximum atomic E-state index is 9.08. The molecule has 0 aliphatic rings. The van der Waals surface area contributed by atoms with E-state index in [2.05, 4.69) is 25.7 Å². The minimum Gasteiger partial charge on any atom is -0.396 e. The maximum absolute atomic E-state index is 9.08. The van der Waals surface area contributed by atoms with Crippen LogP contribution in [0.25, 0.3) is 0 Å². The van der Waals surface area contributed by atoms with Crippen molar-refractivity contribution >= 4 is 0 Å². The first-order valence-electron chi connectivity index (χ1n) is 4.61. The first kappa shape index (κ1) is 11.7. The minimum absolute atomic E-state index is 0.0428. The van der Waals surface area contributed by atoms with E-state index < -0.39 is 0 Å². The second kappa shape index (κ2) is 6.21. The van der Waals surface area contributed by atoms with Crippen molar-refractivity contribution in [1.82, 2.24) is 5.32 Å². The van der Waals surface area contributed by atoms with Gasteiger partial charge in [-0.25, -0.2) is 0 Å². The van der Waals surface area contributed by atoms with Gasteiger partial charge in [0.15, 0.2) is 0 Å². The fourth-order valence-electron chi connectivity index (χ4n) is 0.887. The van der Waals surface area contributed by atoms with Crippen molar-refractivity contribution < 1.29 is 5.11 Å². The zero-order valence-corrected chi connectivity index (χ0v) is 8.27. The molecule has 72 valence electrons. The molecule has 0 amide bonds. The average molecular weight is 171 g/mol. The van der Waals surface area contributed by atoms with Crippen LogP contribution in [0, 0.1) is 5.41 Å². The van der Waals surface area contributed by atoms with E-state index in [1.54, 1.807) is 0 Å². The summed E-state index contributed by atoms with van der Waals surface area (Å²) in [6.07, 6.45) is 3.89. The molecule has 0 saturated carbocycles.